The van der Waals surface area contributed by atoms with Crippen molar-refractivity contribution in [2.24, 2.45) is 0 Å². The zero-order chi connectivity index (χ0) is 16.6. The van der Waals surface area contributed by atoms with Crippen LogP contribution >= 0.6 is 0 Å². The van der Waals surface area contributed by atoms with Gasteiger partial charge in [-0.25, -0.2) is 4.79 Å². The SMILES string of the molecule is O=C(NCCOc1ccccc1)N1CCN(c2ccccc2)CC1. The van der Waals surface area contributed by atoms with Gasteiger partial charge in [0, 0.05) is 31.9 Å². The van der Waals surface area contributed by atoms with Gasteiger partial charge in [0.15, 0.2) is 0 Å². The third kappa shape index (κ3) is 4.41. The summed E-state index contributed by atoms with van der Waals surface area (Å²) in [6.07, 6.45) is 0. The van der Waals surface area contributed by atoms with Crippen LogP contribution in [0, 0.1) is 0 Å². The lowest BCUT2D eigenvalue weighted by Gasteiger charge is -2.36. The maximum absolute atomic E-state index is 12.2. The van der Waals surface area contributed by atoms with Crippen molar-refractivity contribution in [3.63, 3.8) is 0 Å². The first-order valence-electron chi connectivity index (χ1n) is 8.33. The van der Waals surface area contributed by atoms with E-state index in [4.69, 9.17) is 4.74 Å². The third-order valence-electron chi connectivity index (χ3n) is 4.08. The summed E-state index contributed by atoms with van der Waals surface area (Å²) in [5, 5.41) is 2.92. The predicted octanol–water partition coefficient (Wildman–Crippen LogP) is 2.60. The van der Waals surface area contributed by atoms with Crippen LogP contribution in [0.2, 0.25) is 0 Å². The van der Waals surface area contributed by atoms with Crippen molar-refractivity contribution in [1.29, 1.82) is 0 Å². The van der Waals surface area contributed by atoms with Gasteiger partial charge in [-0.3, -0.25) is 0 Å². The Balaban J connectivity index is 1.36. The van der Waals surface area contributed by atoms with E-state index >= 15 is 0 Å². The second-order valence-corrected chi connectivity index (χ2v) is 5.70. The number of hydrogen-bond acceptors (Lipinski definition) is 3. The average Bonchev–Trinajstić information content (AvgIpc) is 2.67. The van der Waals surface area contributed by atoms with Crippen LogP contribution in [-0.2, 0) is 0 Å². The summed E-state index contributed by atoms with van der Waals surface area (Å²) in [7, 11) is 0. The van der Waals surface area contributed by atoms with E-state index in [1.54, 1.807) is 0 Å². The highest BCUT2D eigenvalue weighted by Crippen LogP contribution is 2.15. The van der Waals surface area contributed by atoms with E-state index < -0.39 is 0 Å². The van der Waals surface area contributed by atoms with Crippen molar-refractivity contribution >= 4 is 11.7 Å². The van der Waals surface area contributed by atoms with Crippen LogP contribution in [0.25, 0.3) is 0 Å². The normalized spacial score (nSPS) is 14.3. The zero-order valence-electron chi connectivity index (χ0n) is 13.7. The molecule has 1 fully saturated rings. The van der Waals surface area contributed by atoms with Gasteiger partial charge in [-0.15, -0.1) is 0 Å². The lowest BCUT2D eigenvalue weighted by molar-refractivity contribution is 0.191. The summed E-state index contributed by atoms with van der Waals surface area (Å²) in [4.78, 5) is 16.4. The first-order chi connectivity index (χ1) is 11.8. The molecule has 5 nitrogen and oxygen atoms in total. The number of hydrogen-bond donors (Lipinski definition) is 1. The number of anilines is 1. The Morgan fingerprint density at radius 2 is 1.54 bits per heavy atom. The van der Waals surface area contributed by atoms with E-state index in [-0.39, 0.29) is 6.03 Å². The number of para-hydroxylation sites is 2. The maximum Gasteiger partial charge on any atom is 0.317 e. The number of benzene rings is 2. The second kappa shape index (κ2) is 8.24. The summed E-state index contributed by atoms with van der Waals surface area (Å²) < 4.78 is 5.58. The quantitative estimate of drug-likeness (QED) is 0.860. The molecule has 126 valence electrons. The number of carbonyl (C=O) groups excluding carboxylic acids is 1. The summed E-state index contributed by atoms with van der Waals surface area (Å²) in [6, 6.07) is 19.9. The number of ether oxygens (including phenoxy) is 1. The minimum Gasteiger partial charge on any atom is -0.492 e. The van der Waals surface area contributed by atoms with Crippen LogP contribution in [0.3, 0.4) is 0 Å². The first-order valence-corrected chi connectivity index (χ1v) is 8.33. The van der Waals surface area contributed by atoms with Gasteiger partial charge >= 0.3 is 6.03 Å². The highest BCUT2D eigenvalue weighted by Gasteiger charge is 2.20. The molecular weight excluding hydrogens is 302 g/mol. The van der Waals surface area contributed by atoms with E-state index in [0.29, 0.717) is 13.2 Å². The summed E-state index contributed by atoms with van der Waals surface area (Å²) >= 11 is 0. The van der Waals surface area contributed by atoms with Crippen molar-refractivity contribution in [3.8, 4) is 5.75 Å². The maximum atomic E-state index is 12.2. The van der Waals surface area contributed by atoms with E-state index in [1.807, 2.05) is 53.4 Å². The highest BCUT2D eigenvalue weighted by molar-refractivity contribution is 5.74. The second-order valence-electron chi connectivity index (χ2n) is 5.70. The minimum atomic E-state index is -0.0145. The molecule has 0 unspecified atom stereocenters. The van der Waals surface area contributed by atoms with Gasteiger partial charge < -0.3 is 19.9 Å². The number of nitrogens with zero attached hydrogens (tertiary/aromatic N) is 2. The van der Waals surface area contributed by atoms with Gasteiger partial charge in [0.2, 0.25) is 0 Å². The molecule has 0 radical (unpaired) electrons. The van der Waals surface area contributed by atoms with Gasteiger partial charge in [-0.1, -0.05) is 36.4 Å². The number of nitrogens with one attached hydrogen (secondary N) is 1. The molecule has 1 saturated heterocycles. The smallest absolute Gasteiger partial charge is 0.317 e. The van der Waals surface area contributed by atoms with Crippen molar-refractivity contribution in [1.82, 2.24) is 10.2 Å². The number of urea groups is 1. The molecule has 0 aliphatic carbocycles. The van der Waals surface area contributed by atoms with Gasteiger partial charge in [-0.2, -0.15) is 0 Å². The fourth-order valence-corrected chi connectivity index (χ4v) is 2.76. The molecule has 0 spiro atoms. The molecular formula is C19H23N3O2. The van der Waals surface area contributed by atoms with E-state index in [0.717, 1.165) is 31.9 Å². The fraction of sp³-hybridized carbons (Fsp3) is 0.316. The zero-order valence-corrected chi connectivity index (χ0v) is 13.7. The molecule has 3 rings (SSSR count). The van der Waals surface area contributed by atoms with Crippen LogP contribution in [0.15, 0.2) is 60.7 Å². The highest BCUT2D eigenvalue weighted by atomic mass is 16.5. The molecule has 1 N–H and O–H groups in total. The van der Waals surface area contributed by atoms with Crippen LogP contribution in [-0.4, -0.2) is 50.3 Å². The number of piperazine rings is 1. The van der Waals surface area contributed by atoms with Crippen LogP contribution in [0.5, 0.6) is 5.75 Å². The summed E-state index contributed by atoms with van der Waals surface area (Å²) in [6.45, 7) is 4.17. The molecule has 1 aliphatic heterocycles. The Kier molecular flexibility index (Phi) is 5.56. The molecule has 2 amide bonds. The van der Waals surface area contributed by atoms with Crippen LogP contribution < -0.4 is 15.0 Å². The Bertz CT molecular complexity index is 626. The molecule has 1 heterocycles. The fourth-order valence-electron chi connectivity index (χ4n) is 2.76. The molecule has 0 bridgehead atoms. The largest absolute Gasteiger partial charge is 0.492 e. The number of carbonyl (C=O) groups is 1. The Labute approximate surface area is 142 Å². The van der Waals surface area contributed by atoms with E-state index in [9.17, 15) is 4.79 Å². The Morgan fingerprint density at radius 3 is 2.21 bits per heavy atom. The van der Waals surface area contributed by atoms with Crippen molar-refractivity contribution in [2.45, 2.75) is 0 Å². The predicted molar refractivity (Wildman–Crippen MR) is 95.6 cm³/mol. The van der Waals surface area contributed by atoms with E-state index in [2.05, 4.69) is 22.3 Å². The van der Waals surface area contributed by atoms with Gasteiger partial charge in [0.25, 0.3) is 0 Å². The molecule has 0 aromatic heterocycles. The lowest BCUT2D eigenvalue weighted by atomic mass is 10.2. The molecule has 0 atom stereocenters. The number of amides is 2. The van der Waals surface area contributed by atoms with Gasteiger partial charge in [-0.05, 0) is 24.3 Å². The molecule has 2 aromatic rings. The topological polar surface area (TPSA) is 44.8 Å². The van der Waals surface area contributed by atoms with Gasteiger partial charge in [0.1, 0.15) is 12.4 Å². The van der Waals surface area contributed by atoms with Gasteiger partial charge in [0.05, 0.1) is 6.54 Å². The molecule has 0 saturated carbocycles. The molecule has 5 heteroatoms. The Hall–Kier alpha value is -2.69. The monoisotopic (exact) mass is 325 g/mol. The van der Waals surface area contributed by atoms with Crippen molar-refractivity contribution in [3.05, 3.63) is 60.7 Å². The standard InChI is InChI=1S/C19H23N3O2/c23-19(20-11-16-24-18-9-5-2-6-10-18)22-14-12-21(13-15-22)17-7-3-1-4-8-17/h1-10H,11-16H2,(H,20,23). The van der Waals surface area contributed by atoms with Crippen LogP contribution in [0.4, 0.5) is 10.5 Å². The molecule has 24 heavy (non-hydrogen) atoms. The number of rotatable bonds is 5. The van der Waals surface area contributed by atoms with E-state index in [1.165, 1.54) is 5.69 Å². The minimum absolute atomic E-state index is 0.0145. The average molecular weight is 325 g/mol. The van der Waals surface area contributed by atoms with Crippen molar-refractivity contribution < 1.29 is 9.53 Å². The van der Waals surface area contributed by atoms with Crippen LogP contribution in [0.1, 0.15) is 0 Å². The third-order valence-corrected chi connectivity index (χ3v) is 4.08. The summed E-state index contributed by atoms with van der Waals surface area (Å²) in [5.74, 6) is 0.822. The van der Waals surface area contributed by atoms with Crippen molar-refractivity contribution in [2.75, 3.05) is 44.2 Å². The Morgan fingerprint density at radius 1 is 0.917 bits per heavy atom. The molecule has 2 aromatic carbocycles. The molecule has 1 aliphatic rings. The summed E-state index contributed by atoms with van der Waals surface area (Å²) in [5.41, 5.74) is 1.22. The lowest BCUT2D eigenvalue weighted by Crippen LogP contribution is -2.52. The first kappa shape index (κ1) is 16.2.